The number of hydrogen-bond donors (Lipinski definition) is 1. The summed E-state index contributed by atoms with van der Waals surface area (Å²) in [6.07, 6.45) is 7.92. The summed E-state index contributed by atoms with van der Waals surface area (Å²) in [5.41, 5.74) is 3.47. The molecule has 1 aromatic heterocycles. The minimum atomic E-state index is -0.125. The van der Waals surface area contributed by atoms with E-state index >= 15 is 0 Å². The molecule has 1 saturated carbocycles. The Morgan fingerprint density at radius 2 is 1.84 bits per heavy atom. The number of fused-ring (bicyclic) bond motifs is 1. The fourth-order valence-electron chi connectivity index (χ4n) is 4.50. The summed E-state index contributed by atoms with van der Waals surface area (Å²) in [4.78, 5) is 21.1. The van der Waals surface area contributed by atoms with Gasteiger partial charge in [-0.3, -0.25) is 4.90 Å². The van der Waals surface area contributed by atoms with Crippen LogP contribution in [0.2, 0.25) is 0 Å². The molecule has 7 heteroatoms. The van der Waals surface area contributed by atoms with Crippen LogP contribution in [0.25, 0.3) is 0 Å². The molecule has 2 amide bonds. The molecule has 1 saturated heterocycles. The van der Waals surface area contributed by atoms with Crippen molar-refractivity contribution >= 4 is 11.7 Å². The van der Waals surface area contributed by atoms with Gasteiger partial charge in [0.1, 0.15) is 5.75 Å². The van der Waals surface area contributed by atoms with Crippen LogP contribution >= 0.6 is 0 Å². The lowest BCUT2D eigenvalue weighted by molar-refractivity contribution is 0.0564. The molecule has 0 spiro atoms. The number of carbonyl (C=O) groups is 1. The zero-order valence-electron chi connectivity index (χ0n) is 17.9. The largest absolute Gasteiger partial charge is 0.439 e. The Morgan fingerprint density at radius 1 is 1.03 bits per heavy atom. The molecule has 0 bridgehead atoms. The van der Waals surface area contributed by atoms with Gasteiger partial charge in [-0.25, -0.2) is 9.78 Å². The van der Waals surface area contributed by atoms with Gasteiger partial charge in [-0.1, -0.05) is 12.5 Å². The maximum Gasteiger partial charge on any atom is 0.322 e. The number of benzene rings is 1. The van der Waals surface area contributed by atoms with E-state index in [1.807, 2.05) is 12.1 Å². The first-order valence-electron chi connectivity index (χ1n) is 11.4. The molecule has 7 nitrogen and oxygen atoms in total. The van der Waals surface area contributed by atoms with Crippen LogP contribution in [0.15, 0.2) is 36.5 Å². The third-order valence-corrected chi connectivity index (χ3v) is 6.61. The van der Waals surface area contributed by atoms with Gasteiger partial charge in [-0.15, -0.1) is 0 Å². The third kappa shape index (κ3) is 4.83. The summed E-state index contributed by atoms with van der Waals surface area (Å²) in [5, 5.41) is 2.88. The predicted molar refractivity (Wildman–Crippen MR) is 119 cm³/mol. The number of carbonyl (C=O) groups excluding carboxylic acids is 1. The highest BCUT2D eigenvalue weighted by Gasteiger charge is 2.26. The quantitative estimate of drug-likeness (QED) is 0.814. The fraction of sp³-hybridized carbons (Fsp3) is 0.500. The number of hydrogen-bond acceptors (Lipinski definition) is 5. The van der Waals surface area contributed by atoms with Gasteiger partial charge in [-0.2, -0.15) is 0 Å². The number of nitrogens with one attached hydrogen (secondary N) is 1. The summed E-state index contributed by atoms with van der Waals surface area (Å²) in [7, 11) is 0. The van der Waals surface area contributed by atoms with Gasteiger partial charge in [0.25, 0.3) is 0 Å². The van der Waals surface area contributed by atoms with Gasteiger partial charge < -0.3 is 19.7 Å². The van der Waals surface area contributed by atoms with Gasteiger partial charge in [0, 0.05) is 38.3 Å². The van der Waals surface area contributed by atoms with E-state index in [-0.39, 0.29) is 6.03 Å². The van der Waals surface area contributed by atoms with Crippen LogP contribution in [0.4, 0.5) is 10.5 Å². The summed E-state index contributed by atoms with van der Waals surface area (Å²) in [6.45, 7) is 4.68. The van der Waals surface area contributed by atoms with E-state index in [9.17, 15) is 4.79 Å². The topological polar surface area (TPSA) is 66.9 Å². The first kappa shape index (κ1) is 20.3. The highest BCUT2D eigenvalue weighted by Crippen LogP contribution is 2.29. The summed E-state index contributed by atoms with van der Waals surface area (Å²) in [6, 6.07) is 10.7. The first-order valence-corrected chi connectivity index (χ1v) is 11.4. The number of pyridine rings is 1. The van der Waals surface area contributed by atoms with Gasteiger partial charge in [-0.05, 0) is 55.0 Å². The molecule has 5 rings (SSSR count). The molecular weight excluding hydrogens is 392 g/mol. The van der Waals surface area contributed by atoms with Crippen molar-refractivity contribution < 1.29 is 14.3 Å². The van der Waals surface area contributed by atoms with Crippen molar-refractivity contribution in [3.8, 4) is 11.6 Å². The standard InChI is InChI=1S/C24H30N4O3/c29-24(28-12-14-30-15-13-28)26-20-5-7-23(25-17-20)31-22-6-4-18-8-10-27(21-2-1-3-21)11-9-19(18)16-22/h4-7,16-17,21H,1-3,8-15H2,(H,26,29). The van der Waals surface area contributed by atoms with Crippen LogP contribution in [0.1, 0.15) is 30.4 Å². The van der Waals surface area contributed by atoms with Crippen LogP contribution in [0, 0.1) is 0 Å². The molecule has 3 heterocycles. The van der Waals surface area contributed by atoms with E-state index in [0.717, 1.165) is 37.7 Å². The first-order chi connectivity index (χ1) is 15.2. The lowest BCUT2D eigenvalue weighted by atomic mass is 9.91. The Bertz CT molecular complexity index is 908. The maximum absolute atomic E-state index is 12.3. The van der Waals surface area contributed by atoms with E-state index in [1.165, 1.54) is 30.4 Å². The van der Waals surface area contributed by atoms with Crippen LogP contribution in [-0.2, 0) is 17.6 Å². The average Bonchev–Trinajstić information content (AvgIpc) is 2.97. The number of anilines is 1. The third-order valence-electron chi connectivity index (χ3n) is 6.61. The lowest BCUT2D eigenvalue weighted by Gasteiger charge is -2.36. The molecule has 0 atom stereocenters. The number of ether oxygens (including phenoxy) is 2. The van der Waals surface area contributed by atoms with Crippen LogP contribution < -0.4 is 10.1 Å². The van der Waals surface area contributed by atoms with Crippen molar-refractivity contribution in [1.29, 1.82) is 0 Å². The smallest absolute Gasteiger partial charge is 0.322 e. The molecule has 164 valence electrons. The van der Waals surface area contributed by atoms with E-state index < -0.39 is 0 Å². The number of urea groups is 1. The monoisotopic (exact) mass is 422 g/mol. The number of aromatic nitrogens is 1. The molecule has 2 aliphatic heterocycles. The Hall–Kier alpha value is -2.64. The Kier molecular flexibility index (Phi) is 6.04. The van der Waals surface area contributed by atoms with Crippen molar-refractivity contribution in [3.05, 3.63) is 47.7 Å². The van der Waals surface area contributed by atoms with Crippen molar-refractivity contribution in [2.45, 2.75) is 38.1 Å². The average molecular weight is 423 g/mol. The highest BCUT2D eigenvalue weighted by molar-refractivity contribution is 5.89. The zero-order chi connectivity index (χ0) is 21.0. The maximum atomic E-state index is 12.3. The van der Waals surface area contributed by atoms with Crippen LogP contribution in [0.5, 0.6) is 11.6 Å². The molecule has 1 N–H and O–H groups in total. The second-order valence-corrected chi connectivity index (χ2v) is 8.57. The van der Waals surface area contributed by atoms with Crippen molar-refractivity contribution in [1.82, 2.24) is 14.8 Å². The molecular formula is C24H30N4O3. The predicted octanol–water partition coefficient (Wildman–Crippen LogP) is 3.69. The second-order valence-electron chi connectivity index (χ2n) is 8.57. The Morgan fingerprint density at radius 3 is 2.55 bits per heavy atom. The molecule has 0 unspecified atom stereocenters. The van der Waals surface area contributed by atoms with Crippen molar-refractivity contribution in [2.75, 3.05) is 44.7 Å². The van der Waals surface area contributed by atoms with Crippen LogP contribution in [0.3, 0.4) is 0 Å². The number of morpholine rings is 1. The SMILES string of the molecule is O=C(Nc1ccc(Oc2ccc3c(c2)CCN(C2CCC2)CC3)nc1)N1CCOCC1. The molecule has 1 aromatic carbocycles. The molecule has 1 aliphatic carbocycles. The zero-order valence-corrected chi connectivity index (χ0v) is 17.9. The van der Waals surface area contributed by atoms with Crippen LogP contribution in [-0.4, -0.2) is 66.2 Å². The molecule has 3 aliphatic rings. The van der Waals surface area contributed by atoms with E-state index in [2.05, 4.69) is 27.3 Å². The molecule has 2 aromatic rings. The molecule has 0 radical (unpaired) electrons. The highest BCUT2D eigenvalue weighted by atomic mass is 16.5. The van der Waals surface area contributed by atoms with Gasteiger partial charge >= 0.3 is 6.03 Å². The second kappa shape index (κ2) is 9.24. The number of rotatable bonds is 4. The summed E-state index contributed by atoms with van der Waals surface area (Å²) >= 11 is 0. The van der Waals surface area contributed by atoms with Crippen molar-refractivity contribution in [3.63, 3.8) is 0 Å². The van der Waals surface area contributed by atoms with E-state index in [4.69, 9.17) is 9.47 Å². The fourth-order valence-corrected chi connectivity index (χ4v) is 4.50. The van der Waals surface area contributed by atoms with Gasteiger partial charge in [0.15, 0.2) is 0 Å². The number of nitrogens with zero attached hydrogens (tertiary/aromatic N) is 3. The normalized spacial score (nSPS) is 19.8. The minimum Gasteiger partial charge on any atom is -0.439 e. The minimum absolute atomic E-state index is 0.125. The van der Waals surface area contributed by atoms with Gasteiger partial charge in [0.2, 0.25) is 5.88 Å². The van der Waals surface area contributed by atoms with Gasteiger partial charge in [0.05, 0.1) is 25.1 Å². The number of amides is 2. The summed E-state index contributed by atoms with van der Waals surface area (Å²) < 4.78 is 11.3. The van der Waals surface area contributed by atoms with E-state index in [1.54, 1.807) is 17.2 Å². The summed E-state index contributed by atoms with van der Waals surface area (Å²) in [5.74, 6) is 1.34. The Balaban J connectivity index is 1.18. The van der Waals surface area contributed by atoms with E-state index in [0.29, 0.717) is 37.9 Å². The van der Waals surface area contributed by atoms with Crippen molar-refractivity contribution in [2.24, 2.45) is 0 Å². The Labute approximate surface area is 183 Å². The molecule has 2 fully saturated rings. The lowest BCUT2D eigenvalue weighted by Crippen LogP contribution is -2.43. The molecule has 31 heavy (non-hydrogen) atoms.